The number of aryl methyl sites for hydroxylation is 1. The number of benzene rings is 1. The number of nitrogens with one attached hydrogen (secondary N) is 2. The lowest BCUT2D eigenvalue weighted by molar-refractivity contribution is 0.177. The van der Waals surface area contributed by atoms with Crippen LogP contribution in [-0.4, -0.2) is 49.2 Å². The fourth-order valence-electron chi connectivity index (χ4n) is 2.22. The fraction of sp³-hybridized carbons (Fsp3) is 0.438. The Morgan fingerprint density at radius 1 is 1.52 bits per heavy atom. The van der Waals surface area contributed by atoms with Crippen LogP contribution in [-0.2, 0) is 17.5 Å². The predicted molar refractivity (Wildman–Crippen MR) is 82.5 cm³/mol. The van der Waals surface area contributed by atoms with E-state index in [0.717, 1.165) is 4.98 Å². The van der Waals surface area contributed by atoms with Crippen LogP contribution in [0.15, 0.2) is 24.4 Å². The molecule has 1 amide bonds. The van der Waals surface area contributed by atoms with Gasteiger partial charge < -0.3 is 19.9 Å². The highest BCUT2D eigenvalue weighted by Gasteiger charge is 2.22. The van der Waals surface area contributed by atoms with E-state index in [1.54, 1.807) is 26.2 Å². The molecule has 5 nitrogen and oxygen atoms in total. The van der Waals surface area contributed by atoms with E-state index in [2.05, 4.69) is 0 Å². The molecule has 1 saturated heterocycles. The Bertz CT molecular complexity index is 882. The van der Waals surface area contributed by atoms with Crippen molar-refractivity contribution in [3.05, 3.63) is 35.5 Å². The van der Waals surface area contributed by atoms with E-state index in [9.17, 15) is 4.79 Å². The number of likely N-dealkylation sites (N-methyl/N-ethyl adjacent to an activating group) is 1. The van der Waals surface area contributed by atoms with Gasteiger partial charge in [0.2, 0.25) is 0 Å². The number of fused-ring (bicyclic) bond motifs is 1. The van der Waals surface area contributed by atoms with E-state index in [1.807, 2.05) is 0 Å². The molecular formula is C16H21N3O2. The second-order valence-corrected chi connectivity index (χ2v) is 5.11. The number of carbonyl (C=O) groups is 1. The van der Waals surface area contributed by atoms with Crippen LogP contribution in [0.25, 0.3) is 10.9 Å². The number of H-pyrrole nitrogens is 1. The average molecular weight is 293 g/mol. The molecule has 1 atom stereocenters. The summed E-state index contributed by atoms with van der Waals surface area (Å²) in [7, 11) is 3.26. The Kier molecular flexibility index (Phi) is 2.32. The molecule has 3 rings (SSSR count). The van der Waals surface area contributed by atoms with Crippen molar-refractivity contribution in [2.75, 3.05) is 27.2 Å². The number of aromatic nitrogens is 1. The summed E-state index contributed by atoms with van der Waals surface area (Å²) in [4.78, 5) is 14.0. The third-order valence-corrected chi connectivity index (χ3v) is 3.25. The number of rotatable bonds is 5. The van der Waals surface area contributed by atoms with Crippen molar-refractivity contribution >= 4 is 17.0 Å². The van der Waals surface area contributed by atoms with E-state index >= 15 is 0 Å². The van der Waals surface area contributed by atoms with Crippen molar-refractivity contribution in [3.63, 3.8) is 0 Å². The Balaban J connectivity index is 2.04. The van der Waals surface area contributed by atoms with Crippen LogP contribution in [0, 0.1) is 0 Å². The highest BCUT2D eigenvalue weighted by atomic mass is 16.6. The molecule has 0 unspecified atom stereocenters. The Hall–Kier alpha value is -2.01. The summed E-state index contributed by atoms with van der Waals surface area (Å²) >= 11 is 0. The number of ether oxygens (including phenoxy) is 1. The van der Waals surface area contributed by atoms with Crippen LogP contribution in [0.2, 0.25) is 2.82 Å². The zero-order chi connectivity index (χ0) is 20.1. The zero-order valence-corrected chi connectivity index (χ0v) is 12.0. The van der Waals surface area contributed by atoms with Crippen molar-refractivity contribution in [1.29, 1.82) is 0 Å². The van der Waals surface area contributed by atoms with Crippen molar-refractivity contribution in [1.82, 2.24) is 15.2 Å². The lowest BCUT2D eigenvalue weighted by Crippen LogP contribution is -2.28. The summed E-state index contributed by atoms with van der Waals surface area (Å²) < 4.78 is 53.6. The molecule has 2 heterocycles. The molecule has 1 aromatic carbocycles. The minimum atomic E-state index is -2.04. The number of amides is 1. The SMILES string of the molecule is [2H]N1C(=O)OC[C@@H]1C([2H])([2H])c1ccc2c(c1)c(CC([2H])([2H])N(C)C)cn2[2H]. The van der Waals surface area contributed by atoms with Gasteiger partial charge >= 0.3 is 6.09 Å². The summed E-state index contributed by atoms with van der Waals surface area (Å²) in [6, 6.07) is 3.60. The largest absolute Gasteiger partial charge is 0.447 e. The molecule has 1 fully saturated rings. The maximum atomic E-state index is 11.4. The third-order valence-electron chi connectivity index (χ3n) is 3.25. The molecule has 1 aliphatic rings. The van der Waals surface area contributed by atoms with Gasteiger partial charge in [0.05, 0.1) is 6.04 Å². The number of hydrogen-bond acceptors (Lipinski definition) is 3. The van der Waals surface area contributed by atoms with E-state index in [0.29, 0.717) is 21.8 Å². The molecule has 1 aliphatic heterocycles. The topological polar surface area (TPSA) is 57.4 Å². The van der Waals surface area contributed by atoms with Gasteiger partial charge in [0.1, 0.15) is 6.61 Å². The van der Waals surface area contributed by atoms with Crippen molar-refractivity contribution < 1.29 is 17.8 Å². The maximum Gasteiger partial charge on any atom is 0.407 e. The van der Waals surface area contributed by atoms with Crippen LogP contribution >= 0.6 is 0 Å². The van der Waals surface area contributed by atoms with Crippen LogP contribution in [0.5, 0.6) is 0 Å². The number of aromatic amines is 1. The molecule has 2 N–H and O–H groups in total. The van der Waals surface area contributed by atoms with Gasteiger partial charge in [0, 0.05) is 29.1 Å². The lowest BCUT2D eigenvalue weighted by atomic mass is 10.0. The molecule has 0 radical (unpaired) electrons. The number of alkyl carbamates (subject to hydrolysis) is 1. The maximum absolute atomic E-state index is 11.4. The third kappa shape index (κ3) is 3.19. The van der Waals surface area contributed by atoms with Crippen LogP contribution < -0.4 is 5.31 Å². The van der Waals surface area contributed by atoms with E-state index in [4.69, 9.17) is 13.0 Å². The first kappa shape index (κ1) is 8.44. The van der Waals surface area contributed by atoms with Gasteiger partial charge in [0.15, 0.2) is 2.82 Å². The number of cyclic esters (lactones) is 1. The molecule has 112 valence electrons. The zero-order valence-electron chi connectivity index (χ0n) is 18.0. The van der Waals surface area contributed by atoms with Crippen molar-refractivity contribution in [3.8, 4) is 0 Å². The molecule has 0 aliphatic carbocycles. The van der Waals surface area contributed by atoms with Gasteiger partial charge in [-0.05, 0) is 50.1 Å². The van der Waals surface area contributed by atoms with Gasteiger partial charge in [-0.25, -0.2) is 4.79 Å². The first-order chi connectivity index (χ1) is 12.4. The molecule has 5 heteroatoms. The summed E-state index contributed by atoms with van der Waals surface area (Å²) in [5.74, 6) is 0. The van der Waals surface area contributed by atoms with E-state index < -0.39 is 25.0 Å². The highest BCUT2D eigenvalue weighted by Crippen LogP contribution is 2.21. The molecular weight excluding hydrogens is 266 g/mol. The Labute approximate surface area is 132 Å². The van der Waals surface area contributed by atoms with Crippen molar-refractivity contribution in [2.24, 2.45) is 0 Å². The molecule has 2 aromatic rings. The first-order valence-electron chi connectivity index (χ1n) is 9.60. The minimum absolute atomic E-state index is 0.0322. The molecule has 0 saturated carbocycles. The molecule has 1 aromatic heterocycles. The van der Waals surface area contributed by atoms with Crippen LogP contribution in [0.3, 0.4) is 0 Å². The normalized spacial score (nSPS) is 24.2. The lowest BCUT2D eigenvalue weighted by Gasteiger charge is -2.09. The minimum Gasteiger partial charge on any atom is -0.447 e. The fourth-order valence-corrected chi connectivity index (χ4v) is 2.22. The van der Waals surface area contributed by atoms with Gasteiger partial charge in [-0.15, -0.1) is 0 Å². The summed E-state index contributed by atoms with van der Waals surface area (Å²) in [5.41, 5.74) is 1.35. The van der Waals surface area contributed by atoms with Crippen molar-refractivity contribution in [2.45, 2.75) is 18.8 Å². The predicted octanol–water partition coefficient (Wildman–Crippen LogP) is 1.92. The second kappa shape index (κ2) is 5.77. The van der Waals surface area contributed by atoms with Gasteiger partial charge in [-0.2, -0.15) is 0 Å². The number of hydrogen-bond donors (Lipinski definition) is 2. The van der Waals surface area contributed by atoms with E-state index in [-0.39, 0.29) is 18.6 Å². The second-order valence-electron chi connectivity index (χ2n) is 5.11. The summed E-state index contributed by atoms with van der Waals surface area (Å²) in [6.45, 7) is -1.85. The number of carbonyl (C=O) groups excluding carboxylic acids is 1. The van der Waals surface area contributed by atoms with Gasteiger partial charge in [-0.3, -0.25) is 0 Å². The molecule has 0 spiro atoms. The quantitative estimate of drug-likeness (QED) is 0.885. The Morgan fingerprint density at radius 3 is 3.10 bits per heavy atom. The standard InChI is InChI=1S/C16H21N3O2/c1-19(2)6-5-12-9-17-15-4-3-11(8-14(12)15)7-13-10-21-16(20)18-13/h3-4,8-9,13,17H,5-7,10H2,1-2H3,(H,18,20)/t13-/m0/s1/i6D2,7D2/hD2. The van der Waals surface area contributed by atoms with Crippen LogP contribution in [0.1, 0.15) is 16.6 Å². The summed E-state index contributed by atoms with van der Waals surface area (Å²) in [5, 5.41) is 1.07. The molecule has 21 heavy (non-hydrogen) atoms. The van der Waals surface area contributed by atoms with E-state index in [1.165, 1.54) is 17.2 Å². The first-order valence-corrected chi connectivity index (χ1v) is 6.71. The summed E-state index contributed by atoms with van der Waals surface area (Å²) in [6.07, 6.45) is -1.37. The smallest absolute Gasteiger partial charge is 0.407 e. The average Bonchev–Trinajstić information content (AvgIpc) is 3.07. The highest BCUT2D eigenvalue weighted by molar-refractivity contribution is 5.84. The van der Waals surface area contributed by atoms with Gasteiger partial charge in [0.25, 0.3) is 0 Å². The monoisotopic (exact) mass is 293 g/mol. The van der Waals surface area contributed by atoms with Crippen LogP contribution in [0.4, 0.5) is 4.79 Å². The Morgan fingerprint density at radius 2 is 2.38 bits per heavy atom. The number of nitrogens with zero attached hydrogens (tertiary/aromatic N) is 1. The van der Waals surface area contributed by atoms with Gasteiger partial charge in [-0.1, -0.05) is 6.07 Å². The molecule has 0 bridgehead atoms.